The maximum absolute atomic E-state index is 12.4. The Morgan fingerprint density at radius 1 is 0.900 bits per heavy atom. The van der Waals surface area contributed by atoms with Gasteiger partial charge >= 0.3 is 0 Å². The second-order valence-corrected chi connectivity index (χ2v) is 8.22. The third-order valence-corrected chi connectivity index (χ3v) is 5.82. The first-order valence-electron chi connectivity index (χ1n) is 10.4. The monoisotopic (exact) mass is 420 g/mol. The lowest BCUT2D eigenvalue weighted by Gasteiger charge is -2.22. The van der Waals surface area contributed by atoms with Crippen molar-refractivity contribution in [1.29, 1.82) is 0 Å². The van der Waals surface area contributed by atoms with Crippen molar-refractivity contribution in [2.75, 3.05) is 10.6 Å². The number of phenols is 1. The molecule has 0 aromatic heterocycles. The lowest BCUT2D eigenvalue weighted by molar-refractivity contribution is 0.102. The molecule has 4 nitrogen and oxygen atoms in total. The minimum absolute atomic E-state index is 0.00110. The van der Waals surface area contributed by atoms with Gasteiger partial charge in [-0.1, -0.05) is 49.1 Å². The molecule has 0 bridgehead atoms. The zero-order valence-corrected chi connectivity index (χ0v) is 17.5. The zero-order chi connectivity index (χ0) is 20.9. The normalized spacial score (nSPS) is 14.3. The summed E-state index contributed by atoms with van der Waals surface area (Å²) in [6.07, 6.45) is 6.46. The molecule has 3 N–H and O–H groups in total. The highest BCUT2D eigenvalue weighted by atomic mass is 35.5. The van der Waals surface area contributed by atoms with Crippen LogP contribution in [-0.4, -0.2) is 11.0 Å². The van der Waals surface area contributed by atoms with E-state index in [1.54, 1.807) is 36.4 Å². The van der Waals surface area contributed by atoms with E-state index in [9.17, 15) is 9.90 Å². The van der Waals surface area contributed by atoms with Crippen molar-refractivity contribution in [2.45, 2.75) is 38.0 Å². The maximum Gasteiger partial charge on any atom is 0.255 e. The molecule has 0 aliphatic heterocycles. The van der Waals surface area contributed by atoms with E-state index < -0.39 is 0 Å². The lowest BCUT2D eigenvalue weighted by atomic mass is 9.84. The Bertz CT molecular complexity index is 1040. The number of carbonyl (C=O) groups is 1. The Balaban J connectivity index is 1.45. The summed E-state index contributed by atoms with van der Waals surface area (Å²) in [5, 5.41) is 17.0. The van der Waals surface area contributed by atoms with E-state index in [0.717, 1.165) is 11.4 Å². The quantitative estimate of drug-likeness (QED) is 0.386. The van der Waals surface area contributed by atoms with Crippen molar-refractivity contribution >= 4 is 34.6 Å². The summed E-state index contributed by atoms with van der Waals surface area (Å²) in [5.74, 6) is 0.311. The number of anilines is 3. The largest absolute Gasteiger partial charge is 0.506 e. The molecule has 3 aromatic carbocycles. The average Bonchev–Trinajstić information content (AvgIpc) is 2.76. The molecule has 0 spiro atoms. The van der Waals surface area contributed by atoms with E-state index in [2.05, 4.69) is 28.8 Å². The van der Waals surface area contributed by atoms with Crippen molar-refractivity contribution < 1.29 is 9.90 Å². The van der Waals surface area contributed by atoms with Gasteiger partial charge in [-0.25, -0.2) is 0 Å². The van der Waals surface area contributed by atoms with Crippen LogP contribution in [0.2, 0.25) is 5.02 Å². The topological polar surface area (TPSA) is 61.4 Å². The van der Waals surface area contributed by atoms with E-state index >= 15 is 0 Å². The van der Waals surface area contributed by atoms with Gasteiger partial charge < -0.3 is 15.7 Å². The number of halogens is 1. The molecule has 3 aromatic rings. The van der Waals surface area contributed by atoms with Gasteiger partial charge in [-0.3, -0.25) is 4.79 Å². The number of amides is 1. The molecule has 0 saturated heterocycles. The smallest absolute Gasteiger partial charge is 0.255 e. The minimum atomic E-state index is -0.325. The molecule has 0 unspecified atom stereocenters. The number of phenolic OH excluding ortho intramolecular Hbond substituents is 1. The fourth-order valence-electron chi connectivity index (χ4n) is 4.01. The van der Waals surface area contributed by atoms with Crippen LogP contribution in [0, 0.1) is 0 Å². The Morgan fingerprint density at radius 2 is 1.67 bits per heavy atom. The highest BCUT2D eigenvalue weighted by Gasteiger charge is 2.16. The van der Waals surface area contributed by atoms with E-state index in [4.69, 9.17) is 11.6 Å². The van der Waals surface area contributed by atoms with Crippen molar-refractivity contribution in [3.05, 3.63) is 82.9 Å². The number of carbonyl (C=O) groups excluding carboxylic acids is 1. The fourth-order valence-corrected chi connectivity index (χ4v) is 4.20. The molecule has 0 radical (unpaired) electrons. The van der Waals surface area contributed by atoms with Gasteiger partial charge in [0.25, 0.3) is 5.91 Å². The van der Waals surface area contributed by atoms with Crippen LogP contribution >= 0.6 is 11.6 Å². The van der Waals surface area contributed by atoms with E-state index in [1.165, 1.54) is 37.7 Å². The van der Waals surface area contributed by atoms with Gasteiger partial charge in [0.15, 0.2) is 0 Å². The van der Waals surface area contributed by atoms with Crippen molar-refractivity contribution in [3.63, 3.8) is 0 Å². The van der Waals surface area contributed by atoms with Crippen LogP contribution in [0.25, 0.3) is 0 Å². The molecular weight excluding hydrogens is 396 g/mol. The molecule has 1 amide bonds. The highest BCUT2D eigenvalue weighted by molar-refractivity contribution is 6.31. The number of nitrogens with one attached hydrogen (secondary N) is 2. The van der Waals surface area contributed by atoms with Gasteiger partial charge in [-0.2, -0.15) is 0 Å². The van der Waals surface area contributed by atoms with Crippen molar-refractivity contribution in [3.8, 4) is 5.75 Å². The molecule has 1 aliphatic carbocycles. The van der Waals surface area contributed by atoms with Crippen LogP contribution in [0.15, 0.2) is 66.7 Å². The standard InChI is InChI=1S/C25H25ClN2O2/c26-20-10-4-9-19(14-20)25(30)28-23-13-12-22(16-24(23)29)27-21-11-5-8-18(15-21)17-6-2-1-3-7-17/h4-5,8-17,27,29H,1-3,6-7H2,(H,28,30). The second-order valence-electron chi connectivity index (χ2n) is 7.78. The Kier molecular flexibility index (Phi) is 6.24. The predicted molar refractivity (Wildman–Crippen MR) is 123 cm³/mol. The molecule has 0 atom stereocenters. The summed E-state index contributed by atoms with van der Waals surface area (Å²) in [7, 11) is 0. The molecule has 1 fully saturated rings. The van der Waals surface area contributed by atoms with Gasteiger partial charge in [0.1, 0.15) is 5.75 Å². The number of aromatic hydroxyl groups is 1. The third kappa shape index (κ3) is 4.95. The number of hydrogen-bond donors (Lipinski definition) is 3. The summed E-state index contributed by atoms with van der Waals surface area (Å²) in [6, 6.07) is 20.3. The molecule has 4 rings (SSSR count). The number of hydrogen-bond acceptors (Lipinski definition) is 3. The lowest BCUT2D eigenvalue weighted by Crippen LogP contribution is -2.11. The Hall–Kier alpha value is -2.98. The van der Waals surface area contributed by atoms with E-state index in [-0.39, 0.29) is 11.7 Å². The van der Waals surface area contributed by atoms with Crippen LogP contribution in [0.3, 0.4) is 0 Å². The average molecular weight is 421 g/mol. The molecule has 1 aliphatic rings. The Labute approximate surface area is 181 Å². The maximum atomic E-state index is 12.4. The number of benzene rings is 3. The first-order valence-corrected chi connectivity index (χ1v) is 10.7. The first kappa shape index (κ1) is 20.3. The van der Waals surface area contributed by atoms with Gasteiger partial charge in [-0.15, -0.1) is 0 Å². The van der Waals surface area contributed by atoms with Crippen LogP contribution in [0.1, 0.15) is 53.9 Å². The highest BCUT2D eigenvalue weighted by Crippen LogP contribution is 2.34. The summed E-state index contributed by atoms with van der Waals surface area (Å²) >= 11 is 5.94. The Morgan fingerprint density at radius 3 is 2.43 bits per heavy atom. The molecular formula is C25H25ClN2O2. The number of rotatable bonds is 5. The summed E-state index contributed by atoms with van der Waals surface area (Å²) < 4.78 is 0. The van der Waals surface area contributed by atoms with Crippen molar-refractivity contribution in [1.82, 2.24) is 0 Å². The van der Waals surface area contributed by atoms with Gasteiger partial charge in [0.05, 0.1) is 5.69 Å². The summed E-state index contributed by atoms with van der Waals surface area (Å²) in [4.78, 5) is 12.4. The summed E-state index contributed by atoms with van der Waals surface area (Å²) in [6.45, 7) is 0. The molecule has 5 heteroatoms. The molecule has 0 heterocycles. The summed E-state index contributed by atoms with van der Waals surface area (Å²) in [5.41, 5.74) is 3.90. The minimum Gasteiger partial charge on any atom is -0.506 e. The predicted octanol–water partition coefficient (Wildman–Crippen LogP) is 7.09. The fraction of sp³-hybridized carbons (Fsp3) is 0.240. The first-order chi connectivity index (χ1) is 14.6. The van der Waals surface area contributed by atoms with Gasteiger partial charge in [0, 0.05) is 28.0 Å². The van der Waals surface area contributed by atoms with E-state index in [0.29, 0.717) is 22.2 Å². The van der Waals surface area contributed by atoms with E-state index in [1.807, 2.05) is 12.1 Å². The third-order valence-electron chi connectivity index (χ3n) is 5.58. The molecule has 1 saturated carbocycles. The van der Waals surface area contributed by atoms with Crippen LogP contribution < -0.4 is 10.6 Å². The zero-order valence-electron chi connectivity index (χ0n) is 16.7. The SMILES string of the molecule is O=C(Nc1ccc(Nc2cccc(C3CCCCC3)c2)cc1O)c1cccc(Cl)c1. The van der Waals surface area contributed by atoms with Crippen LogP contribution in [0.4, 0.5) is 17.1 Å². The van der Waals surface area contributed by atoms with Gasteiger partial charge in [-0.05, 0) is 66.8 Å². The molecule has 30 heavy (non-hydrogen) atoms. The second kappa shape index (κ2) is 9.23. The molecule has 154 valence electrons. The van der Waals surface area contributed by atoms with Crippen LogP contribution in [-0.2, 0) is 0 Å². The van der Waals surface area contributed by atoms with Gasteiger partial charge in [0.2, 0.25) is 0 Å². The van der Waals surface area contributed by atoms with Crippen LogP contribution in [0.5, 0.6) is 5.75 Å². The van der Waals surface area contributed by atoms with Crippen molar-refractivity contribution in [2.24, 2.45) is 0 Å².